The third kappa shape index (κ3) is 2.78. The van der Waals surface area contributed by atoms with Crippen molar-refractivity contribution in [1.29, 1.82) is 5.26 Å². The van der Waals surface area contributed by atoms with Crippen LogP contribution in [0.15, 0.2) is 24.3 Å². The number of carbonyl (C=O) groups excluding carboxylic acids is 1. The Labute approximate surface area is 119 Å². The van der Waals surface area contributed by atoms with Gasteiger partial charge in [-0.05, 0) is 17.7 Å². The molecule has 0 fully saturated rings. The molecule has 0 aliphatic carbocycles. The largest absolute Gasteiger partial charge is 0.396 e. The molecule has 0 atom stereocenters. The molecule has 1 aromatic carbocycles. The first-order valence-electron chi connectivity index (χ1n) is 5.84. The molecule has 2 rings (SSSR count). The van der Waals surface area contributed by atoms with Gasteiger partial charge in [-0.25, -0.2) is 4.39 Å². The summed E-state index contributed by atoms with van der Waals surface area (Å²) in [6, 6.07) is 8.03. The zero-order valence-corrected chi connectivity index (χ0v) is 11.6. The van der Waals surface area contributed by atoms with Gasteiger partial charge in [-0.3, -0.25) is 4.79 Å². The van der Waals surface area contributed by atoms with E-state index < -0.39 is 0 Å². The number of carbonyl (C=O) groups is 1. The third-order valence-electron chi connectivity index (χ3n) is 2.74. The zero-order valence-electron chi connectivity index (χ0n) is 10.7. The van der Waals surface area contributed by atoms with Gasteiger partial charge >= 0.3 is 0 Å². The molecule has 102 valence electrons. The lowest BCUT2D eigenvalue weighted by Gasteiger charge is -2.04. The van der Waals surface area contributed by atoms with Crippen molar-refractivity contribution in [3.8, 4) is 6.07 Å². The summed E-state index contributed by atoms with van der Waals surface area (Å²) in [7, 11) is 0. The minimum atomic E-state index is -0.300. The van der Waals surface area contributed by atoms with Gasteiger partial charge in [0.15, 0.2) is 5.78 Å². The predicted molar refractivity (Wildman–Crippen MR) is 77.2 cm³/mol. The van der Waals surface area contributed by atoms with Crippen molar-refractivity contribution < 1.29 is 9.18 Å². The van der Waals surface area contributed by atoms with E-state index in [1.165, 1.54) is 19.1 Å². The number of benzene rings is 1. The van der Waals surface area contributed by atoms with E-state index >= 15 is 0 Å². The fourth-order valence-electron chi connectivity index (χ4n) is 1.73. The summed E-state index contributed by atoms with van der Waals surface area (Å²) < 4.78 is 12.8. The topological polar surface area (TPSA) is 78.9 Å². The number of nitrogens with one attached hydrogen (secondary N) is 1. The summed E-state index contributed by atoms with van der Waals surface area (Å²) >= 11 is 1.16. The zero-order chi connectivity index (χ0) is 14.7. The van der Waals surface area contributed by atoms with Crippen molar-refractivity contribution in [1.82, 2.24) is 0 Å². The number of thiophene rings is 1. The maximum Gasteiger partial charge on any atom is 0.171 e. The van der Waals surface area contributed by atoms with Crippen LogP contribution < -0.4 is 11.1 Å². The van der Waals surface area contributed by atoms with Crippen molar-refractivity contribution >= 4 is 27.8 Å². The number of ketones is 1. The van der Waals surface area contributed by atoms with Crippen molar-refractivity contribution in [3.63, 3.8) is 0 Å². The van der Waals surface area contributed by atoms with Gasteiger partial charge in [0.1, 0.15) is 22.5 Å². The van der Waals surface area contributed by atoms with Gasteiger partial charge < -0.3 is 11.1 Å². The van der Waals surface area contributed by atoms with Crippen LogP contribution in [-0.4, -0.2) is 5.78 Å². The number of nitrogen functional groups attached to an aromatic ring is 1. The highest BCUT2D eigenvalue weighted by Gasteiger charge is 2.18. The lowest BCUT2D eigenvalue weighted by atomic mass is 10.2. The number of rotatable bonds is 4. The van der Waals surface area contributed by atoms with E-state index in [0.29, 0.717) is 16.4 Å². The normalized spacial score (nSPS) is 10.1. The van der Waals surface area contributed by atoms with E-state index in [0.717, 1.165) is 16.9 Å². The first-order chi connectivity index (χ1) is 9.52. The van der Waals surface area contributed by atoms with Crippen LogP contribution in [0.1, 0.15) is 27.7 Å². The summed E-state index contributed by atoms with van der Waals surface area (Å²) in [5.74, 6) is -0.468. The van der Waals surface area contributed by atoms with Crippen LogP contribution in [-0.2, 0) is 6.54 Å². The predicted octanol–water partition coefficient (Wildman–Crippen LogP) is 3.16. The minimum Gasteiger partial charge on any atom is -0.396 e. The van der Waals surface area contributed by atoms with E-state index in [9.17, 15) is 9.18 Å². The molecule has 3 N–H and O–H groups in total. The van der Waals surface area contributed by atoms with Crippen molar-refractivity contribution in [2.75, 3.05) is 11.1 Å². The van der Waals surface area contributed by atoms with E-state index in [2.05, 4.69) is 5.32 Å². The van der Waals surface area contributed by atoms with Crippen LogP contribution in [0.25, 0.3) is 0 Å². The Morgan fingerprint density at radius 1 is 1.45 bits per heavy atom. The summed E-state index contributed by atoms with van der Waals surface area (Å²) in [6.07, 6.45) is 0. The van der Waals surface area contributed by atoms with Crippen LogP contribution >= 0.6 is 11.3 Å². The van der Waals surface area contributed by atoms with Crippen LogP contribution in [0.2, 0.25) is 0 Å². The van der Waals surface area contributed by atoms with Gasteiger partial charge in [0.2, 0.25) is 0 Å². The molecule has 0 radical (unpaired) electrons. The van der Waals surface area contributed by atoms with Crippen LogP contribution in [0, 0.1) is 17.1 Å². The molecule has 1 aromatic heterocycles. The van der Waals surface area contributed by atoms with Gasteiger partial charge in [0, 0.05) is 13.5 Å². The molecule has 0 spiro atoms. The van der Waals surface area contributed by atoms with Gasteiger partial charge in [-0.2, -0.15) is 5.26 Å². The first kappa shape index (κ1) is 14.0. The molecule has 0 bridgehead atoms. The molecule has 1 heterocycles. The van der Waals surface area contributed by atoms with Crippen molar-refractivity contribution in [2.24, 2.45) is 0 Å². The highest BCUT2D eigenvalue weighted by atomic mass is 32.1. The Balaban J connectivity index is 2.21. The number of Topliss-reactive ketones (excluding diaryl/α,β-unsaturated/α-hetero) is 1. The first-order valence-corrected chi connectivity index (χ1v) is 6.66. The molecule has 0 aliphatic heterocycles. The van der Waals surface area contributed by atoms with Gasteiger partial charge in [-0.15, -0.1) is 11.3 Å². The lowest BCUT2D eigenvalue weighted by molar-refractivity contribution is 0.102. The third-order valence-corrected chi connectivity index (χ3v) is 4.01. The maximum atomic E-state index is 12.8. The molecule has 20 heavy (non-hydrogen) atoms. The molecular formula is C14H12FN3OS. The highest BCUT2D eigenvalue weighted by Crippen LogP contribution is 2.35. The smallest absolute Gasteiger partial charge is 0.171 e. The number of hydrogen-bond donors (Lipinski definition) is 2. The number of nitrogens with two attached hydrogens (primary N) is 1. The van der Waals surface area contributed by atoms with Gasteiger partial charge in [-0.1, -0.05) is 12.1 Å². The fourth-order valence-corrected chi connectivity index (χ4v) is 2.69. The number of nitriles is 1. The monoisotopic (exact) mass is 289 g/mol. The van der Waals surface area contributed by atoms with Crippen molar-refractivity contribution in [3.05, 3.63) is 46.1 Å². The summed E-state index contributed by atoms with van der Waals surface area (Å²) in [4.78, 5) is 11.8. The standard InChI is InChI=1S/C14H12FN3OS/c1-8(19)13-12(17)11(6-16)14(20-13)18-7-9-2-4-10(15)5-3-9/h2-5,18H,7,17H2,1H3. The van der Waals surface area contributed by atoms with Crippen molar-refractivity contribution in [2.45, 2.75) is 13.5 Å². The number of nitrogens with zero attached hydrogens (tertiary/aromatic N) is 1. The van der Waals surface area contributed by atoms with Crippen LogP contribution in [0.3, 0.4) is 0 Å². The van der Waals surface area contributed by atoms with Crippen LogP contribution in [0.4, 0.5) is 15.1 Å². The van der Waals surface area contributed by atoms with E-state index in [1.807, 2.05) is 6.07 Å². The van der Waals surface area contributed by atoms with E-state index in [-0.39, 0.29) is 22.9 Å². The second kappa shape index (κ2) is 5.72. The fraction of sp³-hybridized carbons (Fsp3) is 0.143. The molecule has 0 saturated carbocycles. The Bertz CT molecular complexity index is 686. The molecule has 2 aromatic rings. The molecule has 4 nitrogen and oxygen atoms in total. The maximum absolute atomic E-state index is 12.8. The Kier molecular flexibility index (Phi) is 4.01. The highest BCUT2D eigenvalue weighted by molar-refractivity contribution is 7.18. The second-order valence-electron chi connectivity index (χ2n) is 4.20. The number of anilines is 2. The number of halogens is 1. The molecule has 0 amide bonds. The SMILES string of the molecule is CC(=O)c1sc(NCc2ccc(F)cc2)c(C#N)c1N. The summed E-state index contributed by atoms with van der Waals surface area (Å²) in [5.41, 5.74) is 7.14. The lowest BCUT2D eigenvalue weighted by Crippen LogP contribution is -1.99. The molecule has 0 unspecified atom stereocenters. The van der Waals surface area contributed by atoms with Gasteiger partial charge in [0.25, 0.3) is 0 Å². The Morgan fingerprint density at radius 2 is 2.10 bits per heavy atom. The average molecular weight is 289 g/mol. The summed E-state index contributed by atoms with van der Waals surface area (Å²) in [6.45, 7) is 1.83. The summed E-state index contributed by atoms with van der Waals surface area (Å²) in [5, 5.41) is 12.7. The van der Waals surface area contributed by atoms with E-state index in [4.69, 9.17) is 11.0 Å². The number of hydrogen-bond acceptors (Lipinski definition) is 5. The van der Waals surface area contributed by atoms with Gasteiger partial charge in [0.05, 0.1) is 10.6 Å². The molecule has 6 heteroatoms. The molecule has 0 saturated heterocycles. The molecular weight excluding hydrogens is 277 g/mol. The Hall–Kier alpha value is -2.39. The van der Waals surface area contributed by atoms with E-state index in [1.54, 1.807) is 12.1 Å². The Morgan fingerprint density at radius 3 is 2.65 bits per heavy atom. The quantitative estimate of drug-likeness (QED) is 0.847. The average Bonchev–Trinajstić information content (AvgIpc) is 2.74. The van der Waals surface area contributed by atoms with Crippen LogP contribution in [0.5, 0.6) is 0 Å². The minimum absolute atomic E-state index is 0.168. The second-order valence-corrected chi connectivity index (χ2v) is 5.22. The molecule has 0 aliphatic rings.